The second kappa shape index (κ2) is 10.2. The van der Waals surface area contributed by atoms with E-state index in [2.05, 4.69) is 4.72 Å². The van der Waals surface area contributed by atoms with Crippen LogP contribution in [0.2, 0.25) is 5.02 Å². The Balaban J connectivity index is 1.50. The van der Waals surface area contributed by atoms with E-state index in [0.717, 1.165) is 6.07 Å². The molecule has 1 N–H and O–H groups in total. The van der Waals surface area contributed by atoms with E-state index >= 15 is 0 Å². The smallest absolute Gasteiger partial charge is 0.243 e. The predicted octanol–water partition coefficient (Wildman–Crippen LogP) is 2.00. The predicted molar refractivity (Wildman–Crippen MR) is 114 cm³/mol. The normalized spacial score (nSPS) is 15.7. The Morgan fingerprint density at radius 3 is 2.39 bits per heavy atom. The van der Waals surface area contributed by atoms with Crippen molar-refractivity contribution >= 4 is 31.6 Å². The van der Waals surface area contributed by atoms with Crippen LogP contribution in [0.4, 0.5) is 4.39 Å². The van der Waals surface area contributed by atoms with E-state index in [-0.39, 0.29) is 28.6 Å². The Kier molecular flexibility index (Phi) is 7.89. The Bertz CT molecular complexity index is 1080. The summed E-state index contributed by atoms with van der Waals surface area (Å²) in [6, 6.07) is 9.83. The summed E-state index contributed by atoms with van der Waals surface area (Å²) in [4.78, 5) is 0.143. The third-order valence-corrected chi connectivity index (χ3v) is 8.10. The maximum absolute atomic E-state index is 13.8. The standard InChI is InChI=1S/C19H22ClFN2O6S2/c20-18-2-1-3-19(21)17(18)14-30(24,25)22-8-11-29-15-4-6-16(7-5-15)31(26,27)23-9-12-28-13-10-23/h1-7,22H,8-14H2. The van der Waals surface area contributed by atoms with Gasteiger partial charge < -0.3 is 9.47 Å². The summed E-state index contributed by atoms with van der Waals surface area (Å²) >= 11 is 5.86. The molecule has 3 rings (SSSR count). The molecule has 1 heterocycles. The molecule has 0 atom stereocenters. The van der Waals surface area contributed by atoms with Crippen LogP contribution in [-0.2, 0) is 30.5 Å². The molecule has 0 amide bonds. The van der Waals surface area contributed by atoms with Crippen LogP contribution in [0.15, 0.2) is 47.4 Å². The van der Waals surface area contributed by atoms with E-state index in [9.17, 15) is 21.2 Å². The summed E-state index contributed by atoms with van der Waals surface area (Å²) in [5, 5.41) is 0.0359. The minimum Gasteiger partial charge on any atom is -0.492 e. The van der Waals surface area contributed by atoms with Gasteiger partial charge in [-0.2, -0.15) is 4.31 Å². The maximum Gasteiger partial charge on any atom is 0.243 e. The lowest BCUT2D eigenvalue weighted by molar-refractivity contribution is 0.0730. The molecular weight excluding hydrogens is 471 g/mol. The van der Waals surface area contributed by atoms with E-state index in [0.29, 0.717) is 32.1 Å². The fourth-order valence-electron chi connectivity index (χ4n) is 2.92. The van der Waals surface area contributed by atoms with E-state index in [1.807, 2.05) is 0 Å². The van der Waals surface area contributed by atoms with Crippen LogP contribution in [0.1, 0.15) is 5.56 Å². The number of halogens is 2. The number of benzene rings is 2. The van der Waals surface area contributed by atoms with Gasteiger partial charge in [-0.3, -0.25) is 0 Å². The third kappa shape index (κ3) is 6.37. The summed E-state index contributed by atoms with van der Waals surface area (Å²) in [5.41, 5.74) is -0.102. The van der Waals surface area contributed by atoms with Crippen molar-refractivity contribution in [2.75, 3.05) is 39.5 Å². The second-order valence-electron chi connectivity index (χ2n) is 6.69. The highest BCUT2D eigenvalue weighted by Gasteiger charge is 2.26. The minimum atomic E-state index is -3.82. The topological polar surface area (TPSA) is 102 Å². The fourth-order valence-corrected chi connectivity index (χ4v) is 5.81. The molecule has 0 bridgehead atoms. The van der Waals surface area contributed by atoms with Crippen molar-refractivity contribution in [3.63, 3.8) is 0 Å². The van der Waals surface area contributed by atoms with Crippen LogP contribution in [0, 0.1) is 5.82 Å². The molecule has 0 spiro atoms. The Morgan fingerprint density at radius 2 is 1.74 bits per heavy atom. The summed E-state index contributed by atoms with van der Waals surface area (Å²) < 4.78 is 77.6. The van der Waals surface area contributed by atoms with Gasteiger partial charge in [0.25, 0.3) is 0 Å². The molecule has 1 aliphatic rings. The highest BCUT2D eigenvalue weighted by atomic mass is 35.5. The van der Waals surface area contributed by atoms with Gasteiger partial charge in [0.15, 0.2) is 0 Å². The number of nitrogens with one attached hydrogen (secondary N) is 1. The lowest BCUT2D eigenvalue weighted by Gasteiger charge is -2.26. The average molecular weight is 493 g/mol. The lowest BCUT2D eigenvalue weighted by atomic mass is 10.2. The highest BCUT2D eigenvalue weighted by molar-refractivity contribution is 7.89. The van der Waals surface area contributed by atoms with Crippen LogP contribution < -0.4 is 9.46 Å². The molecule has 1 saturated heterocycles. The van der Waals surface area contributed by atoms with Gasteiger partial charge in [-0.25, -0.2) is 25.9 Å². The van der Waals surface area contributed by atoms with Crippen molar-refractivity contribution in [2.24, 2.45) is 0 Å². The first-order valence-electron chi connectivity index (χ1n) is 9.40. The zero-order valence-electron chi connectivity index (χ0n) is 16.5. The zero-order valence-corrected chi connectivity index (χ0v) is 18.8. The number of rotatable bonds is 9. The number of morpholine rings is 1. The number of nitrogens with zero attached hydrogens (tertiary/aromatic N) is 1. The molecule has 0 aromatic heterocycles. The van der Waals surface area contributed by atoms with Gasteiger partial charge in [-0.15, -0.1) is 0 Å². The average Bonchev–Trinajstić information content (AvgIpc) is 2.75. The SMILES string of the molecule is O=S(=O)(Cc1c(F)cccc1Cl)NCCOc1ccc(S(=O)(=O)N2CCOCC2)cc1. The maximum atomic E-state index is 13.8. The van der Waals surface area contributed by atoms with Crippen LogP contribution in [-0.4, -0.2) is 60.6 Å². The van der Waals surface area contributed by atoms with Gasteiger partial charge in [0, 0.05) is 30.2 Å². The molecule has 0 radical (unpaired) electrons. The van der Waals surface area contributed by atoms with Crippen molar-refractivity contribution in [3.05, 3.63) is 58.9 Å². The molecule has 2 aromatic carbocycles. The Hall–Kier alpha value is -1.76. The van der Waals surface area contributed by atoms with Crippen molar-refractivity contribution in [1.29, 1.82) is 0 Å². The second-order valence-corrected chi connectivity index (χ2v) is 10.8. The monoisotopic (exact) mass is 492 g/mol. The number of hydrogen-bond donors (Lipinski definition) is 1. The summed E-state index contributed by atoms with van der Waals surface area (Å²) in [7, 11) is -7.42. The molecule has 0 aliphatic carbocycles. The van der Waals surface area contributed by atoms with E-state index < -0.39 is 31.6 Å². The largest absolute Gasteiger partial charge is 0.492 e. The lowest BCUT2D eigenvalue weighted by Crippen LogP contribution is -2.40. The molecular formula is C19H22ClFN2O6S2. The van der Waals surface area contributed by atoms with Gasteiger partial charge in [-0.05, 0) is 36.4 Å². The van der Waals surface area contributed by atoms with Crippen LogP contribution in [0.25, 0.3) is 0 Å². The molecule has 0 unspecified atom stereocenters. The van der Waals surface area contributed by atoms with Crippen LogP contribution in [0.5, 0.6) is 5.75 Å². The number of ether oxygens (including phenoxy) is 2. The highest BCUT2D eigenvalue weighted by Crippen LogP contribution is 2.22. The molecule has 1 fully saturated rings. The van der Waals surface area contributed by atoms with Crippen molar-refractivity contribution < 1.29 is 30.7 Å². The Labute approximate surface area is 186 Å². The molecule has 12 heteroatoms. The third-order valence-electron chi connectivity index (χ3n) is 4.52. The van der Waals surface area contributed by atoms with E-state index in [1.54, 1.807) is 0 Å². The van der Waals surface area contributed by atoms with Crippen molar-refractivity contribution in [1.82, 2.24) is 9.03 Å². The van der Waals surface area contributed by atoms with E-state index in [1.165, 1.54) is 40.7 Å². The molecule has 0 saturated carbocycles. The zero-order chi connectivity index (χ0) is 22.5. The summed E-state index contributed by atoms with van der Waals surface area (Å²) in [6.45, 7) is 1.28. The number of hydrogen-bond acceptors (Lipinski definition) is 6. The van der Waals surface area contributed by atoms with Gasteiger partial charge in [-0.1, -0.05) is 17.7 Å². The fraction of sp³-hybridized carbons (Fsp3) is 0.368. The van der Waals surface area contributed by atoms with Gasteiger partial charge in [0.1, 0.15) is 18.2 Å². The first kappa shape index (κ1) is 23.9. The summed E-state index contributed by atoms with van der Waals surface area (Å²) in [5.74, 6) is -0.898. The molecule has 31 heavy (non-hydrogen) atoms. The first-order valence-corrected chi connectivity index (χ1v) is 12.9. The quantitative estimate of drug-likeness (QED) is 0.537. The van der Waals surface area contributed by atoms with Crippen LogP contribution >= 0.6 is 11.6 Å². The molecule has 8 nitrogen and oxygen atoms in total. The summed E-state index contributed by atoms with van der Waals surface area (Å²) in [6.07, 6.45) is 0. The molecule has 1 aliphatic heterocycles. The Morgan fingerprint density at radius 1 is 1.06 bits per heavy atom. The molecule has 2 aromatic rings. The van der Waals surface area contributed by atoms with Crippen LogP contribution in [0.3, 0.4) is 0 Å². The van der Waals surface area contributed by atoms with Crippen molar-refractivity contribution in [2.45, 2.75) is 10.6 Å². The first-order chi connectivity index (χ1) is 14.7. The molecule has 170 valence electrons. The minimum absolute atomic E-state index is 0.000204. The van der Waals surface area contributed by atoms with Gasteiger partial charge in [0.2, 0.25) is 20.0 Å². The van der Waals surface area contributed by atoms with E-state index in [4.69, 9.17) is 21.1 Å². The van der Waals surface area contributed by atoms with Crippen molar-refractivity contribution in [3.8, 4) is 5.75 Å². The van der Waals surface area contributed by atoms with Gasteiger partial charge in [0.05, 0.1) is 23.9 Å². The van der Waals surface area contributed by atoms with Gasteiger partial charge >= 0.3 is 0 Å². The number of sulfonamides is 2.